The zero-order valence-corrected chi connectivity index (χ0v) is 15.1. The normalized spacial score (nSPS) is 23.4. The first-order valence-electron chi connectivity index (χ1n) is 8.60. The molecule has 26 heavy (non-hydrogen) atoms. The summed E-state index contributed by atoms with van der Waals surface area (Å²) in [7, 11) is -3.35. The van der Waals surface area contributed by atoms with Crippen molar-refractivity contribution < 1.29 is 27.9 Å². The summed E-state index contributed by atoms with van der Waals surface area (Å²) in [6.07, 6.45) is 1.97. The average molecular weight is 382 g/mol. The molecule has 1 aromatic carbocycles. The van der Waals surface area contributed by atoms with Gasteiger partial charge in [-0.1, -0.05) is 6.07 Å². The maximum Gasteiger partial charge on any atom is 0.326 e. The van der Waals surface area contributed by atoms with Crippen LogP contribution in [-0.2, 0) is 19.6 Å². The highest BCUT2D eigenvalue weighted by molar-refractivity contribution is 7.93. The number of amides is 1. The van der Waals surface area contributed by atoms with Gasteiger partial charge in [-0.2, -0.15) is 0 Å². The van der Waals surface area contributed by atoms with Crippen molar-refractivity contribution in [1.29, 1.82) is 0 Å². The third-order valence-corrected chi connectivity index (χ3v) is 6.58. The first-order valence-corrected chi connectivity index (χ1v) is 10.2. The average Bonchev–Trinajstić information content (AvgIpc) is 2.99. The van der Waals surface area contributed by atoms with Gasteiger partial charge in [0.25, 0.3) is 5.91 Å². The SMILES string of the molecule is O=C(NC(C(=O)O)C1CCCOC1)c1cccc(N2CCCS2(=O)=O)c1. The lowest BCUT2D eigenvalue weighted by Gasteiger charge is -2.28. The van der Waals surface area contributed by atoms with Crippen molar-refractivity contribution in [2.45, 2.75) is 25.3 Å². The first-order chi connectivity index (χ1) is 12.4. The van der Waals surface area contributed by atoms with Crippen LogP contribution in [0.5, 0.6) is 0 Å². The number of hydrogen-bond acceptors (Lipinski definition) is 5. The molecule has 8 nitrogen and oxygen atoms in total. The summed E-state index contributed by atoms with van der Waals surface area (Å²) in [4.78, 5) is 24.1. The fourth-order valence-electron chi connectivity index (χ4n) is 3.37. The largest absolute Gasteiger partial charge is 0.480 e. The van der Waals surface area contributed by atoms with Gasteiger partial charge in [-0.05, 0) is 37.5 Å². The van der Waals surface area contributed by atoms with Crippen molar-refractivity contribution >= 4 is 27.6 Å². The van der Waals surface area contributed by atoms with Crippen molar-refractivity contribution in [3.8, 4) is 0 Å². The van der Waals surface area contributed by atoms with Gasteiger partial charge < -0.3 is 15.2 Å². The molecule has 2 saturated heterocycles. The molecule has 0 aliphatic carbocycles. The number of anilines is 1. The van der Waals surface area contributed by atoms with E-state index in [1.807, 2.05) is 0 Å². The molecule has 2 heterocycles. The zero-order chi connectivity index (χ0) is 18.7. The highest BCUT2D eigenvalue weighted by atomic mass is 32.2. The minimum Gasteiger partial charge on any atom is -0.480 e. The van der Waals surface area contributed by atoms with Crippen molar-refractivity contribution in [2.24, 2.45) is 5.92 Å². The van der Waals surface area contributed by atoms with Crippen LogP contribution < -0.4 is 9.62 Å². The van der Waals surface area contributed by atoms with Gasteiger partial charge in [0.15, 0.2) is 0 Å². The topological polar surface area (TPSA) is 113 Å². The third kappa shape index (κ3) is 3.99. The number of carbonyl (C=O) groups excluding carboxylic acids is 1. The Hall–Kier alpha value is -2.13. The molecule has 0 spiro atoms. The van der Waals surface area contributed by atoms with E-state index >= 15 is 0 Å². The Balaban J connectivity index is 1.76. The number of nitrogens with zero attached hydrogens (tertiary/aromatic N) is 1. The third-order valence-electron chi connectivity index (χ3n) is 4.72. The molecule has 2 aliphatic rings. The van der Waals surface area contributed by atoms with Crippen molar-refractivity contribution in [1.82, 2.24) is 5.32 Å². The quantitative estimate of drug-likeness (QED) is 0.780. The molecule has 2 aliphatic heterocycles. The van der Waals surface area contributed by atoms with E-state index in [2.05, 4.69) is 5.32 Å². The van der Waals surface area contributed by atoms with Crippen LogP contribution in [0.15, 0.2) is 24.3 Å². The van der Waals surface area contributed by atoms with Crippen LogP contribution in [0.25, 0.3) is 0 Å². The van der Waals surface area contributed by atoms with E-state index in [0.717, 1.165) is 6.42 Å². The molecular formula is C17H22N2O6S. The van der Waals surface area contributed by atoms with Gasteiger partial charge >= 0.3 is 5.97 Å². The van der Waals surface area contributed by atoms with E-state index in [0.29, 0.717) is 38.3 Å². The number of aliphatic carboxylic acids is 1. The van der Waals surface area contributed by atoms with Crippen molar-refractivity contribution in [3.63, 3.8) is 0 Å². The van der Waals surface area contributed by atoms with Crippen molar-refractivity contribution in [2.75, 3.05) is 29.8 Å². The molecule has 3 rings (SSSR count). The number of rotatable bonds is 5. The van der Waals surface area contributed by atoms with Gasteiger partial charge in [0.1, 0.15) is 6.04 Å². The summed E-state index contributed by atoms with van der Waals surface area (Å²) in [6, 6.07) is 5.20. The number of nitrogens with one attached hydrogen (secondary N) is 1. The Morgan fingerprint density at radius 3 is 2.73 bits per heavy atom. The Morgan fingerprint density at radius 2 is 2.12 bits per heavy atom. The fraction of sp³-hybridized carbons (Fsp3) is 0.529. The summed E-state index contributed by atoms with van der Waals surface area (Å²) in [5.41, 5.74) is 0.649. The number of carboxylic acid groups (broad SMARTS) is 1. The number of carbonyl (C=O) groups is 2. The van der Waals surface area contributed by atoms with E-state index in [1.54, 1.807) is 12.1 Å². The second kappa shape index (κ2) is 7.63. The molecule has 2 N–H and O–H groups in total. The molecule has 1 aromatic rings. The smallest absolute Gasteiger partial charge is 0.326 e. The number of benzene rings is 1. The van der Waals surface area contributed by atoms with Gasteiger partial charge in [-0.25, -0.2) is 13.2 Å². The fourth-order valence-corrected chi connectivity index (χ4v) is 4.92. The number of carboxylic acids is 1. The molecule has 2 atom stereocenters. The predicted molar refractivity (Wildman–Crippen MR) is 94.6 cm³/mol. The Morgan fingerprint density at radius 1 is 1.31 bits per heavy atom. The van der Waals surface area contributed by atoms with Crippen LogP contribution in [-0.4, -0.2) is 57.0 Å². The highest BCUT2D eigenvalue weighted by Gasteiger charge is 2.32. The second-order valence-corrected chi connectivity index (χ2v) is 8.57. The van der Waals surface area contributed by atoms with E-state index in [9.17, 15) is 23.1 Å². The Labute approximate surface area is 152 Å². The second-order valence-electron chi connectivity index (χ2n) is 6.56. The van der Waals surface area contributed by atoms with Crippen LogP contribution in [0.3, 0.4) is 0 Å². The van der Waals surface area contributed by atoms with E-state index in [4.69, 9.17) is 4.74 Å². The number of hydrogen-bond donors (Lipinski definition) is 2. The zero-order valence-electron chi connectivity index (χ0n) is 14.3. The molecule has 0 bridgehead atoms. The summed E-state index contributed by atoms with van der Waals surface area (Å²) < 4.78 is 30.7. The molecule has 0 aromatic heterocycles. The van der Waals surface area contributed by atoms with E-state index < -0.39 is 27.9 Å². The molecule has 0 saturated carbocycles. The molecule has 142 valence electrons. The van der Waals surface area contributed by atoms with Gasteiger partial charge in [-0.15, -0.1) is 0 Å². The molecular weight excluding hydrogens is 360 g/mol. The standard InChI is InChI=1S/C17H22N2O6S/c20-16(18-15(17(21)22)13-5-2-8-25-11-13)12-4-1-6-14(10-12)19-7-3-9-26(19,23)24/h1,4,6,10,13,15H,2-3,5,7-9,11H2,(H,18,20)(H,21,22). The lowest BCUT2D eigenvalue weighted by molar-refractivity contribution is -0.142. The summed E-state index contributed by atoms with van der Waals surface area (Å²) in [6.45, 7) is 1.27. The maximum absolute atomic E-state index is 12.5. The van der Waals surface area contributed by atoms with Gasteiger partial charge in [0.05, 0.1) is 18.0 Å². The van der Waals surface area contributed by atoms with E-state index in [-0.39, 0.29) is 17.2 Å². The van der Waals surface area contributed by atoms with Gasteiger partial charge in [0.2, 0.25) is 10.0 Å². The molecule has 2 unspecified atom stereocenters. The minimum atomic E-state index is -3.35. The van der Waals surface area contributed by atoms with Gasteiger partial charge in [0, 0.05) is 24.6 Å². The Bertz CT molecular complexity index is 788. The molecule has 0 radical (unpaired) electrons. The van der Waals surface area contributed by atoms with Crippen LogP contribution in [0.4, 0.5) is 5.69 Å². The van der Waals surface area contributed by atoms with Crippen molar-refractivity contribution in [3.05, 3.63) is 29.8 Å². The number of sulfonamides is 1. The molecule has 1 amide bonds. The molecule has 9 heteroatoms. The van der Waals surface area contributed by atoms with Crippen LogP contribution in [0, 0.1) is 5.92 Å². The number of ether oxygens (including phenoxy) is 1. The van der Waals surface area contributed by atoms with Gasteiger partial charge in [-0.3, -0.25) is 9.10 Å². The van der Waals surface area contributed by atoms with Crippen LogP contribution in [0.1, 0.15) is 29.6 Å². The maximum atomic E-state index is 12.5. The highest BCUT2D eigenvalue weighted by Crippen LogP contribution is 2.25. The summed E-state index contributed by atoms with van der Waals surface area (Å²) in [5, 5.41) is 12.0. The monoisotopic (exact) mass is 382 g/mol. The first kappa shape index (κ1) is 18.7. The Kier molecular flexibility index (Phi) is 5.47. The minimum absolute atomic E-state index is 0.0895. The lowest BCUT2D eigenvalue weighted by Crippen LogP contribution is -2.48. The molecule has 2 fully saturated rings. The summed E-state index contributed by atoms with van der Waals surface area (Å²) in [5.74, 6) is -1.84. The van der Waals surface area contributed by atoms with Crippen LogP contribution in [0.2, 0.25) is 0 Å². The predicted octanol–water partition coefficient (Wildman–Crippen LogP) is 0.836. The van der Waals surface area contributed by atoms with E-state index in [1.165, 1.54) is 16.4 Å². The summed E-state index contributed by atoms with van der Waals surface area (Å²) >= 11 is 0. The lowest BCUT2D eigenvalue weighted by atomic mass is 9.93. The van der Waals surface area contributed by atoms with Crippen LogP contribution >= 0.6 is 0 Å².